The van der Waals surface area contributed by atoms with Gasteiger partial charge in [0, 0.05) is 46.2 Å². The summed E-state index contributed by atoms with van der Waals surface area (Å²) in [7, 11) is 3.53. The highest BCUT2D eigenvalue weighted by molar-refractivity contribution is 5.80. The van der Waals surface area contributed by atoms with Crippen molar-refractivity contribution in [3.8, 4) is 11.1 Å². The number of urea groups is 1. The summed E-state index contributed by atoms with van der Waals surface area (Å²) in [6.07, 6.45) is 4.05. The molecule has 2 aliphatic heterocycles. The Morgan fingerprint density at radius 3 is 2.27 bits per heavy atom. The predicted octanol–water partition coefficient (Wildman–Crippen LogP) is 3.96. The molecule has 0 aromatic heterocycles. The molecule has 4 rings (SSSR count). The van der Waals surface area contributed by atoms with Crippen LogP contribution in [-0.2, 0) is 17.9 Å². The van der Waals surface area contributed by atoms with Crippen molar-refractivity contribution in [2.45, 2.75) is 38.8 Å². The second kappa shape index (κ2) is 10.8. The van der Waals surface area contributed by atoms with Crippen molar-refractivity contribution in [2.75, 3.05) is 40.3 Å². The minimum atomic E-state index is -0.0340. The fourth-order valence-corrected chi connectivity index (χ4v) is 4.89. The van der Waals surface area contributed by atoms with E-state index in [4.69, 9.17) is 0 Å². The summed E-state index contributed by atoms with van der Waals surface area (Å²) in [5.74, 6) is 0.0518. The van der Waals surface area contributed by atoms with Crippen molar-refractivity contribution in [1.29, 1.82) is 0 Å². The molecule has 176 valence electrons. The Kier molecular flexibility index (Phi) is 7.65. The number of hydrogen-bond donors (Lipinski definition) is 1. The fourth-order valence-electron chi connectivity index (χ4n) is 4.89. The smallest absolute Gasteiger partial charge is 0.319 e. The molecule has 0 bridgehead atoms. The molecule has 0 unspecified atom stereocenters. The minimum absolute atomic E-state index is 0.0224. The van der Waals surface area contributed by atoms with Gasteiger partial charge in [-0.2, -0.15) is 0 Å². The van der Waals surface area contributed by atoms with E-state index in [1.54, 1.807) is 19.0 Å². The third-order valence-electron chi connectivity index (χ3n) is 6.86. The van der Waals surface area contributed by atoms with E-state index >= 15 is 0 Å². The lowest BCUT2D eigenvalue weighted by molar-refractivity contribution is -0.126. The van der Waals surface area contributed by atoms with Crippen molar-refractivity contribution in [3.63, 3.8) is 0 Å². The van der Waals surface area contributed by atoms with Crippen molar-refractivity contribution < 1.29 is 9.59 Å². The van der Waals surface area contributed by atoms with Gasteiger partial charge in [-0.15, -0.1) is 0 Å². The van der Waals surface area contributed by atoms with E-state index in [1.165, 1.54) is 37.1 Å². The number of nitrogens with zero attached hydrogens (tertiary/aromatic N) is 3. The van der Waals surface area contributed by atoms with Crippen LogP contribution in [0.3, 0.4) is 0 Å². The van der Waals surface area contributed by atoms with Crippen molar-refractivity contribution in [2.24, 2.45) is 5.92 Å². The molecule has 6 heteroatoms. The van der Waals surface area contributed by atoms with Gasteiger partial charge in [-0.05, 0) is 61.0 Å². The third kappa shape index (κ3) is 5.93. The molecule has 0 radical (unpaired) electrons. The molecule has 2 aliphatic rings. The lowest BCUT2D eigenvalue weighted by Crippen LogP contribution is -2.46. The zero-order chi connectivity index (χ0) is 23.2. The highest BCUT2D eigenvalue weighted by atomic mass is 16.2. The Balaban J connectivity index is 1.33. The highest BCUT2D eigenvalue weighted by Crippen LogP contribution is 2.25. The van der Waals surface area contributed by atoms with E-state index in [-0.39, 0.29) is 17.9 Å². The molecule has 2 aromatic carbocycles. The predicted molar refractivity (Wildman–Crippen MR) is 132 cm³/mol. The van der Waals surface area contributed by atoms with Gasteiger partial charge in [-0.1, -0.05) is 48.5 Å². The molecular formula is C27H36N4O2. The molecule has 33 heavy (non-hydrogen) atoms. The van der Waals surface area contributed by atoms with Crippen LogP contribution in [0.2, 0.25) is 0 Å². The number of carbonyl (C=O) groups excluding carboxylic acids is 2. The van der Waals surface area contributed by atoms with Crippen LogP contribution in [0.4, 0.5) is 4.79 Å². The van der Waals surface area contributed by atoms with Gasteiger partial charge in [0.05, 0.1) is 0 Å². The topological polar surface area (TPSA) is 55.9 Å². The molecule has 2 aromatic rings. The van der Waals surface area contributed by atoms with Crippen molar-refractivity contribution in [1.82, 2.24) is 20.0 Å². The average molecular weight is 449 g/mol. The van der Waals surface area contributed by atoms with E-state index in [1.807, 2.05) is 11.0 Å². The van der Waals surface area contributed by atoms with Gasteiger partial charge in [0.2, 0.25) is 5.91 Å². The van der Waals surface area contributed by atoms with Crippen LogP contribution >= 0.6 is 0 Å². The molecule has 6 nitrogen and oxygen atoms in total. The molecule has 1 N–H and O–H groups in total. The van der Waals surface area contributed by atoms with E-state index in [0.717, 1.165) is 17.7 Å². The minimum Gasteiger partial charge on any atom is -0.352 e. The number of carbonyl (C=O) groups is 2. The summed E-state index contributed by atoms with van der Waals surface area (Å²) < 4.78 is 0. The van der Waals surface area contributed by atoms with Crippen LogP contribution in [0, 0.1) is 5.92 Å². The molecule has 3 amide bonds. The summed E-state index contributed by atoms with van der Waals surface area (Å²) in [6.45, 7) is 5.22. The third-order valence-corrected chi connectivity index (χ3v) is 6.86. The first-order valence-corrected chi connectivity index (χ1v) is 12.1. The number of hydrogen-bond acceptors (Lipinski definition) is 3. The molecule has 0 aliphatic carbocycles. The Labute approximate surface area is 197 Å². The van der Waals surface area contributed by atoms with Gasteiger partial charge >= 0.3 is 6.03 Å². The summed E-state index contributed by atoms with van der Waals surface area (Å²) in [4.78, 5) is 30.9. The lowest BCUT2D eigenvalue weighted by Gasteiger charge is -2.33. The van der Waals surface area contributed by atoms with Gasteiger partial charge in [-0.3, -0.25) is 9.69 Å². The van der Waals surface area contributed by atoms with Gasteiger partial charge < -0.3 is 15.1 Å². The molecule has 2 fully saturated rings. The van der Waals surface area contributed by atoms with Crippen LogP contribution < -0.4 is 5.32 Å². The number of nitrogens with one attached hydrogen (secondary N) is 1. The normalized spacial score (nSPS) is 17.2. The first-order chi connectivity index (χ1) is 16.0. The zero-order valence-electron chi connectivity index (χ0n) is 19.9. The van der Waals surface area contributed by atoms with Gasteiger partial charge in [-0.25, -0.2) is 4.79 Å². The Bertz CT molecular complexity index is 943. The fraction of sp³-hybridized carbons (Fsp3) is 0.481. The monoisotopic (exact) mass is 448 g/mol. The summed E-state index contributed by atoms with van der Waals surface area (Å²) in [6, 6.07) is 17.2. The highest BCUT2D eigenvalue weighted by Gasteiger charge is 2.27. The molecule has 2 saturated heterocycles. The largest absolute Gasteiger partial charge is 0.352 e. The Morgan fingerprint density at radius 1 is 0.939 bits per heavy atom. The first kappa shape index (κ1) is 23.3. The average Bonchev–Trinajstić information content (AvgIpc) is 3.36. The molecule has 0 saturated carbocycles. The van der Waals surface area contributed by atoms with Crippen LogP contribution in [-0.4, -0.2) is 66.9 Å². The van der Waals surface area contributed by atoms with Crippen LogP contribution in [0.5, 0.6) is 0 Å². The van der Waals surface area contributed by atoms with Crippen LogP contribution in [0.1, 0.15) is 36.8 Å². The second-order valence-corrected chi connectivity index (χ2v) is 9.49. The van der Waals surface area contributed by atoms with Crippen LogP contribution in [0.25, 0.3) is 11.1 Å². The molecule has 2 heterocycles. The van der Waals surface area contributed by atoms with Gasteiger partial charge in [0.15, 0.2) is 0 Å². The first-order valence-electron chi connectivity index (χ1n) is 12.1. The van der Waals surface area contributed by atoms with E-state index < -0.39 is 0 Å². The number of likely N-dealkylation sites (tertiary alicyclic amines) is 2. The number of benzene rings is 2. The maximum atomic E-state index is 12.8. The zero-order valence-corrected chi connectivity index (χ0v) is 19.9. The number of rotatable bonds is 6. The van der Waals surface area contributed by atoms with Crippen molar-refractivity contribution in [3.05, 3.63) is 59.7 Å². The molecule has 0 spiro atoms. The maximum absolute atomic E-state index is 12.8. The van der Waals surface area contributed by atoms with E-state index in [9.17, 15) is 9.59 Å². The Morgan fingerprint density at radius 2 is 1.61 bits per heavy atom. The van der Waals surface area contributed by atoms with Crippen molar-refractivity contribution >= 4 is 11.9 Å². The Hall–Kier alpha value is -2.86. The van der Waals surface area contributed by atoms with Gasteiger partial charge in [0.25, 0.3) is 0 Å². The summed E-state index contributed by atoms with van der Waals surface area (Å²) in [5, 5.41) is 3.15. The second-order valence-electron chi connectivity index (χ2n) is 9.49. The molecule has 0 atom stereocenters. The van der Waals surface area contributed by atoms with Gasteiger partial charge in [0.1, 0.15) is 0 Å². The van der Waals surface area contributed by atoms with E-state index in [0.29, 0.717) is 32.5 Å². The summed E-state index contributed by atoms with van der Waals surface area (Å²) in [5.41, 5.74) is 4.82. The SMILES string of the molecule is CN(C)C(=O)N1CCC(C(=O)NCc2ccccc2-c2ccc(CN3CCCC3)cc2)CC1. The molecular weight excluding hydrogens is 412 g/mol. The van der Waals surface area contributed by atoms with E-state index in [2.05, 4.69) is 52.7 Å². The maximum Gasteiger partial charge on any atom is 0.319 e. The standard InChI is InChI=1S/C27H36N4O2/c1-29(2)27(33)31-17-13-23(14-18-31)26(32)28-19-24-7-3-4-8-25(24)22-11-9-21(10-12-22)20-30-15-5-6-16-30/h3-4,7-12,23H,5-6,13-20H2,1-2H3,(H,28,32). The quantitative estimate of drug-likeness (QED) is 0.728. The lowest BCUT2D eigenvalue weighted by atomic mass is 9.95. The number of piperidine rings is 1. The van der Waals surface area contributed by atoms with Crippen LogP contribution in [0.15, 0.2) is 48.5 Å². The summed E-state index contributed by atoms with van der Waals surface area (Å²) >= 11 is 0. The number of amides is 3.